The van der Waals surface area contributed by atoms with Gasteiger partial charge in [0.25, 0.3) is 10.0 Å². The Morgan fingerprint density at radius 2 is 2.00 bits per heavy atom. The normalized spacial score (nSPS) is 16.5. The number of benzene rings is 1. The number of anilines is 1. The zero-order valence-electron chi connectivity index (χ0n) is 12.1. The molecule has 0 amide bonds. The molecule has 1 fully saturated rings. The number of hydrogen-bond acceptors (Lipinski definition) is 5. The van der Waals surface area contributed by atoms with Crippen LogP contribution in [-0.4, -0.2) is 39.6 Å². The number of sulfonamides is 1. The van der Waals surface area contributed by atoms with Gasteiger partial charge in [0.15, 0.2) is 0 Å². The van der Waals surface area contributed by atoms with Crippen LogP contribution < -0.4 is 4.72 Å². The van der Waals surface area contributed by atoms with Crippen molar-refractivity contribution < 1.29 is 13.2 Å². The number of hydrogen-bond donors (Lipinski definition) is 1. The number of rotatable bonds is 5. The Labute approximate surface area is 134 Å². The van der Waals surface area contributed by atoms with Gasteiger partial charge in [0, 0.05) is 25.3 Å². The predicted octanol–water partition coefficient (Wildman–Crippen LogP) is 2.38. The van der Waals surface area contributed by atoms with Crippen LogP contribution in [-0.2, 0) is 21.3 Å². The van der Waals surface area contributed by atoms with Crippen LogP contribution in [0.1, 0.15) is 5.56 Å². The fraction of sp³-hybridized carbons (Fsp3) is 0.333. The van der Waals surface area contributed by atoms with Crippen LogP contribution in [0, 0.1) is 0 Å². The van der Waals surface area contributed by atoms with Crippen molar-refractivity contribution in [3.8, 4) is 0 Å². The van der Waals surface area contributed by atoms with Crippen LogP contribution in [0.5, 0.6) is 0 Å². The summed E-state index contributed by atoms with van der Waals surface area (Å²) in [6.45, 7) is 4.13. The molecule has 1 N–H and O–H groups in total. The predicted molar refractivity (Wildman–Crippen MR) is 87.7 cm³/mol. The van der Waals surface area contributed by atoms with E-state index in [9.17, 15) is 8.42 Å². The Kier molecular flexibility index (Phi) is 4.77. The molecule has 118 valence electrons. The van der Waals surface area contributed by atoms with E-state index in [1.54, 1.807) is 23.6 Å². The van der Waals surface area contributed by atoms with Crippen LogP contribution in [0.2, 0.25) is 0 Å². The number of morpholine rings is 1. The molecule has 0 bridgehead atoms. The molecule has 22 heavy (non-hydrogen) atoms. The summed E-state index contributed by atoms with van der Waals surface area (Å²) in [6, 6.07) is 10.9. The summed E-state index contributed by atoms with van der Waals surface area (Å²) in [4.78, 5) is 2.30. The largest absolute Gasteiger partial charge is 0.379 e. The lowest BCUT2D eigenvalue weighted by Crippen LogP contribution is -2.35. The van der Waals surface area contributed by atoms with E-state index >= 15 is 0 Å². The van der Waals surface area contributed by atoms with Gasteiger partial charge in [-0.05, 0) is 29.1 Å². The third-order valence-electron chi connectivity index (χ3n) is 3.45. The maximum Gasteiger partial charge on any atom is 0.271 e. The molecule has 0 atom stereocenters. The molecule has 0 saturated carbocycles. The average Bonchev–Trinajstić information content (AvgIpc) is 3.03. The summed E-state index contributed by atoms with van der Waals surface area (Å²) in [5.41, 5.74) is 1.69. The van der Waals surface area contributed by atoms with Gasteiger partial charge in [-0.1, -0.05) is 18.2 Å². The van der Waals surface area contributed by atoms with Crippen molar-refractivity contribution in [1.29, 1.82) is 0 Å². The average molecular weight is 338 g/mol. The van der Waals surface area contributed by atoms with E-state index in [0.29, 0.717) is 9.90 Å². The zero-order chi connectivity index (χ0) is 15.4. The molecule has 0 aliphatic carbocycles. The second kappa shape index (κ2) is 6.78. The van der Waals surface area contributed by atoms with E-state index in [1.807, 2.05) is 18.2 Å². The van der Waals surface area contributed by atoms with Gasteiger partial charge in [-0.2, -0.15) is 0 Å². The van der Waals surface area contributed by atoms with Gasteiger partial charge >= 0.3 is 0 Å². The highest BCUT2D eigenvalue weighted by molar-refractivity contribution is 7.94. The molecule has 0 unspecified atom stereocenters. The highest BCUT2D eigenvalue weighted by Crippen LogP contribution is 2.21. The van der Waals surface area contributed by atoms with E-state index in [-0.39, 0.29) is 0 Å². The first-order valence-corrected chi connectivity index (χ1v) is 9.45. The van der Waals surface area contributed by atoms with Gasteiger partial charge in [-0.3, -0.25) is 9.62 Å². The summed E-state index contributed by atoms with van der Waals surface area (Å²) >= 11 is 1.21. The first-order valence-electron chi connectivity index (χ1n) is 7.09. The van der Waals surface area contributed by atoms with Crippen molar-refractivity contribution in [2.24, 2.45) is 0 Å². The van der Waals surface area contributed by atoms with Crippen LogP contribution in [0.25, 0.3) is 0 Å². The lowest BCUT2D eigenvalue weighted by molar-refractivity contribution is 0.0342. The topological polar surface area (TPSA) is 58.6 Å². The van der Waals surface area contributed by atoms with Crippen LogP contribution in [0.3, 0.4) is 0 Å². The molecule has 1 aliphatic heterocycles. The Hall–Kier alpha value is -1.41. The molecule has 2 heterocycles. The van der Waals surface area contributed by atoms with E-state index < -0.39 is 10.0 Å². The van der Waals surface area contributed by atoms with E-state index in [4.69, 9.17) is 4.74 Å². The lowest BCUT2D eigenvalue weighted by atomic mass is 10.2. The fourth-order valence-corrected chi connectivity index (χ4v) is 4.41. The van der Waals surface area contributed by atoms with Crippen molar-refractivity contribution in [3.63, 3.8) is 0 Å². The van der Waals surface area contributed by atoms with E-state index in [2.05, 4.69) is 9.62 Å². The van der Waals surface area contributed by atoms with Gasteiger partial charge in [-0.15, -0.1) is 11.3 Å². The SMILES string of the molecule is O=S(=O)(Nc1cccc(CN2CCOCC2)c1)c1cccs1. The maximum atomic E-state index is 12.2. The number of thiophene rings is 1. The lowest BCUT2D eigenvalue weighted by Gasteiger charge is -2.26. The summed E-state index contributed by atoms with van der Waals surface area (Å²) in [5, 5.41) is 1.75. The molecular weight excluding hydrogens is 320 g/mol. The third kappa shape index (κ3) is 3.86. The van der Waals surface area contributed by atoms with Crippen molar-refractivity contribution >= 4 is 27.0 Å². The Bertz CT molecular complexity index is 708. The smallest absolute Gasteiger partial charge is 0.271 e. The summed E-state index contributed by atoms with van der Waals surface area (Å²) < 4.78 is 32.8. The molecule has 1 saturated heterocycles. The molecule has 0 spiro atoms. The standard InChI is InChI=1S/C15H18N2O3S2/c18-22(19,15-5-2-10-21-15)16-14-4-1-3-13(11-14)12-17-6-8-20-9-7-17/h1-5,10-11,16H,6-9,12H2. The first kappa shape index (κ1) is 15.5. The summed E-state index contributed by atoms with van der Waals surface area (Å²) in [7, 11) is -3.48. The van der Waals surface area contributed by atoms with Crippen molar-refractivity contribution in [2.45, 2.75) is 10.8 Å². The van der Waals surface area contributed by atoms with Crippen molar-refractivity contribution in [3.05, 3.63) is 47.3 Å². The van der Waals surface area contributed by atoms with Crippen molar-refractivity contribution in [1.82, 2.24) is 4.90 Å². The van der Waals surface area contributed by atoms with Gasteiger partial charge in [0.1, 0.15) is 4.21 Å². The molecule has 1 aromatic carbocycles. The zero-order valence-corrected chi connectivity index (χ0v) is 13.7. The highest BCUT2D eigenvalue weighted by Gasteiger charge is 2.16. The second-order valence-corrected chi connectivity index (χ2v) is 7.98. The monoisotopic (exact) mass is 338 g/mol. The minimum Gasteiger partial charge on any atom is -0.379 e. The molecule has 2 aromatic rings. The number of nitrogens with one attached hydrogen (secondary N) is 1. The molecule has 5 nitrogen and oxygen atoms in total. The van der Waals surface area contributed by atoms with E-state index in [0.717, 1.165) is 38.4 Å². The quantitative estimate of drug-likeness (QED) is 0.909. The molecule has 1 aromatic heterocycles. The molecular formula is C15H18N2O3S2. The van der Waals surface area contributed by atoms with E-state index in [1.165, 1.54) is 11.3 Å². The van der Waals surface area contributed by atoms with Crippen LogP contribution >= 0.6 is 11.3 Å². The Morgan fingerprint density at radius 3 is 2.73 bits per heavy atom. The molecule has 3 rings (SSSR count). The first-order chi connectivity index (χ1) is 10.6. The Balaban J connectivity index is 1.71. The highest BCUT2D eigenvalue weighted by atomic mass is 32.2. The maximum absolute atomic E-state index is 12.2. The van der Waals surface area contributed by atoms with Gasteiger partial charge in [-0.25, -0.2) is 8.42 Å². The van der Waals surface area contributed by atoms with Gasteiger partial charge < -0.3 is 4.74 Å². The minimum atomic E-state index is -3.48. The molecule has 7 heteroatoms. The third-order valence-corrected chi connectivity index (χ3v) is 6.23. The second-order valence-electron chi connectivity index (χ2n) is 5.13. The summed E-state index contributed by atoms with van der Waals surface area (Å²) in [5.74, 6) is 0. The fourth-order valence-electron chi connectivity index (χ4n) is 2.37. The molecule has 0 radical (unpaired) electrons. The number of ether oxygens (including phenoxy) is 1. The Morgan fingerprint density at radius 1 is 1.18 bits per heavy atom. The van der Waals surface area contributed by atoms with Gasteiger partial charge in [0.05, 0.1) is 13.2 Å². The molecule has 1 aliphatic rings. The van der Waals surface area contributed by atoms with Crippen molar-refractivity contribution in [2.75, 3.05) is 31.0 Å². The van der Waals surface area contributed by atoms with Gasteiger partial charge in [0.2, 0.25) is 0 Å². The number of nitrogens with zero attached hydrogens (tertiary/aromatic N) is 1. The summed E-state index contributed by atoms with van der Waals surface area (Å²) in [6.07, 6.45) is 0. The minimum absolute atomic E-state index is 0.325. The van der Waals surface area contributed by atoms with Crippen LogP contribution in [0.15, 0.2) is 46.0 Å². The van der Waals surface area contributed by atoms with Crippen LogP contribution in [0.4, 0.5) is 5.69 Å².